The van der Waals surface area contributed by atoms with Crippen LogP contribution in [0.25, 0.3) is 11.1 Å². The summed E-state index contributed by atoms with van der Waals surface area (Å²) >= 11 is 0. The van der Waals surface area contributed by atoms with Crippen LogP contribution in [0.2, 0.25) is 0 Å². The van der Waals surface area contributed by atoms with Crippen LogP contribution in [0.15, 0.2) is 48.5 Å². The van der Waals surface area contributed by atoms with Crippen LogP contribution in [0.1, 0.15) is 47.5 Å². The van der Waals surface area contributed by atoms with Crippen molar-refractivity contribution in [3.05, 3.63) is 59.7 Å². The predicted molar refractivity (Wildman–Crippen MR) is 122 cm³/mol. The molecule has 3 atom stereocenters. The molecular formula is C26H29N3O3. The molecule has 0 bridgehead atoms. The minimum Gasteiger partial charge on any atom is -0.394 e. The maximum absolute atomic E-state index is 13.1. The number of aliphatic hydroxyl groups excluding tert-OH is 1. The normalized spacial score (nSPS) is 22.8. The van der Waals surface area contributed by atoms with E-state index in [1.165, 1.54) is 4.90 Å². The van der Waals surface area contributed by atoms with Crippen LogP contribution in [-0.2, 0) is 4.79 Å². The number of nitriles is 1. The number of carbonyl (C=O) groups excluding carboxylic acids is 2. The van der Waals surface area contributed by atoms with Gasteiger partial charge in [-0.25, -0.2) is 0 Å². The Kier molecular flexibility index (Phi) is 6.29. The summed E-state index contributed by atoms with van der Waals surface area (Å²) in [6.07, 6.45) is 3.82. The summed E-state index contributed by atoms with van der Waals surface area (Å²) in [5.41, 5.74) is 3.44. The molecule has 1 N–H and O–H groups in total. The zero-order valence-corrected chi connectivity index (χ0v) is 18.6. The monoisotopic (exact) mass is 431 g/mol. The molecular weight excluding hydrogens is 402 g/mol. The van der Waals surface area contributed by atoms with Crippen LogP contribution in [0.5, 0.6) is 0 Å². The second-order valence-corrected chi connectivity index (χ2v) is 8.94. The smallest absolute Gasteiger partial charge is 0.253 e. The first kappa shape index (κ1) is 22.0. The standard InChI is InChI=1S/C26H29N3O3/c1-28(2)25(31)19-13-11-17(12-14-19)20-9-5-6-10-21(20)24-22(15-27)29(23(24)16-30)26(32)18-7-3-4-8-18/h5-6,9-14,18,22-24,30H,3-4,7-8,16H2,1-2H3/t22-,23+,24-/m1/s1. The Morgan fingerprint density at radius 1 is 1.09 bits per heavy atom. The average Bonchev–Trinajstić information content (AvgIpc) is 3.34. The van der Waals surface area contributed by atoms with Gasteiger partial charge in [-0.15, -0.1) is 0 Å². The number of aliphatic hydroxyl groups is 1. The van der Waals surface area contributed by atoms with Gasteiger partial charge in [0.05, 0.1) is 18.7 Å². The molecule has 2 aromatic carbocycles. The molecule has 0 aromatic heterocycles. The third-order valence-electron chi connectivity index (χ3n) is 6.86. The molecule has 0 unspecified atom stereocenters. The van der Waals surface area contributed by atoms with Crippen molar-refractivity contribution in [2.24, 2.45) is 5.92 Å². The summed E-state index contributed by atoms with van der Waals surface area (Å²) in [7, 11) is 3.44. The molecule has 1 aliphatic heterocycles. The van der Waals surface area contributed by atoms with Crippen LogP contribution in [0.3, 0.4) is 0 Å². The van der Waals surface area contributed by atoms with Gasteiger partial charge in [-0.05, 0) is 41.7 Å². The maximum Gasteiger partial charge on any atom is 0.253 e. The quantitative estimate of drug-likeness (QED) is 0.786. The SMILES string of the molecule is CN(C)C(=O)c1ccc(-c2ccccc2[C@@H]2[C@@H](C#N)N(C(=O)C3CCCC3)[C@H]2CO)cc1. The topological polar surface area (TPSA) is 84.6 Å². The molecule has 32 heavy (non-hydrogen) atoms. The van der Waals surface area contributed by atoms with Gasteiger partial charge < -0.3 is 14.9 Å². The summed E-state index contributed by atoms with van der Waals surface area (Å²) in [6, 6.07) is 16.6. The summed E-state index contributed by atoms with van der Waals surface area (Å²) in [5, 5.41) is 20.1. The molecule has 0 spiro atoms. The third-order valence-corrected chi connectivity index (χ3v) is 6.86. The number of rotatable bonds is 5. The minimum absolute atomic E-state index is 0.00776. The van der Waals surface area contributed by atoms with E-state index < -0.39 is 12.1 Å². The molecule has 0 radical (unpaired) electrons. The number of hydrogen-bond acceptors (Lipinski definition) is 4. The molecule has 1 saturated carbocycles. The first-order chi connectivity index (χ1) is 15.5. The molecule has 2 amide bonds. The largest absolute Gasteiger partial charge is 0.394 e. The minimum atomic E-state index is -0.587. The second kappa shape index (κ2) is 9.13. The van der Waals surface area contributed by atoms with E-state index in [9.17, 15) is 20.0 Å². The zero-order chi connectivity index (χ0) is 22.8. The van der Waals surface area contributed by atoms with Gasteiger partial charge in [0, 0.05) is 31.5 Å². The van der Waals surface area contributed by atoms with Gasteiger partial charge in [0.25, 0.3) is 5.91 Å². The van der Waals surface area contributed by atoms with Gasteiger partial charge in [-0.3, -0.25) is 9.59 Å². The maximum atomic E-state index is 13.1. The van der Waals surface area contributed by atoms with Gasteiger partial charge in [-0.2, -0.15) is 5.26 Å². The number of carbonyl (C=O) groups is 2. The molecule has 2 aliphatic rings. The van der Waals surface area contributed by atoms with Crippen molar-refractivity contribution >= 4 is 11.8 Å². The number of hydrogen-bond donors (Lipinski definition) is 1. The summed E-state index contributed by atoms with van der Waals surface area (Å²) in [4.78, 5) is 28.5. The molecule has 2 aromatic rings. The summed E-state index contributed by atoms with van der Waals surface area (Å²) in [5.74, 6) is -0.337. The fraction of sp³-hybridized carbons (Fsp3) is 0.423. The van der Waals surface area contributed by atoms with Crippen LogP contribution < -0.4 is 0 Å². The Bertz CT molecular complexity index is 1040. The summed E-state index contributed by atoms with van der Waals surface area (Å²) < 4.78 is 0. The number of likely N-dealkylation sites (tertiary alicyclic amines) is 1. The fourth-order valence-corrected chi connectivity index (χ4v) is 5.17. The first-order valence-electron chi connectivity index (χ1n) is 11.2. The van der Waals surface area contributed by atoms with Gasteiger partial charge in [-0.1, -0.05) is 49.2 Å². The van der Waals surface area contributed by atoms with Crippen molar-refractivity contribution in [3.8, 4) is 17.2 Å². The lowest BCUT2D eigenvalue weighted by Gasteiger charge is -2.52. The van der Waals surface area contributed by atoms with Crippen molar-refractivity contribution in [1.29, 1.82) is 5.26 Å². The van der Waals surface area contributed by atoms with Crippen molar-refractivity contribution in [2.45, 2.75) is 43.7 Å². The third kappa shape index (κ3) is 3.78. The van der Waals surface area contributed by atoms with E-state index in [-0.39, 0.29) is 30.3 Å². The highest BCUT2D eigenvalue weighted by molar-refractivity contribution is 5.94. The van der Waals surface area contributed by atoms with Gasteiger partial charge >= 0.3 is 0 Å². The van der Waals surface area contributed by atoms with Crippen LogP contribution in [0.4, 0.5) is 0 Å². The van der Waals surface area contributed by atoms with Gasteiger partial charge in [0.15, 0.2) is 0 Å². The second-order valence-electron chi connectivity index (χ2n) is 8.94. The van der Waals surface area contributed by atoms with Gasteiger partial charge in [0.2, 0.25) is 5.91 Å². The lowest BCUT2D eigenvalue weighted by molar-refractivity contribution is -0.151. The highest BCUT2D eigenvalue weighted by Crippen LogP contribution is 2.45. The molecule has 166 valence electrons. The average molecular weight is 432 g/mol. The zero-order valence-electron chi connectivity index (χ0n) is 18.6. The fourth-order valence-electron chi connectivity index (χ4n) is 5.17. The molecule has 4 rings (SSSR count). The number of amides is 2. The van der Waals surface area contributed by atoms with E-state index in [4.69, 9.17) is 0 Å². The lowest BCUT2D eigenvalue weighted by atomic mass is 9.73. The molecule has 1 heterocycles. The highest BCUT2D eigenvalue weighted by Gasteiger charge is 2.53. The molecule has 6 nitrogen and oxygen atoms in total. The Balaban J connectivity index is 1.65. The Labute approximate surface area is 189 Å². The van der Waals surface area contributed by atoms with Crippen molar-refractivity contribution in [1.82, 2.24) is 9.80 Å². The van der Waals surface area contributed by atoms with E-state index >= 15 is 0 Å². The highest BCUT2D eigenvalue weighted by atomic mass is 16.3. The Morgan fingerprint density at radius 2 is 1.75 bits per heavy atom. The van der Waals surface area contributed by atoms with Crippen molar-refractivity contribution < 1.29 is 14.7 Å². The Morgan fingerprint density at radius 3 is 2.34 bits per heavy atom. The first-order valence-corrected chi connectivity index (χ1v) is 11.2. The summed E-state index contributed by atoms with van der Waals surface area (Å²) in [6.45, 7) is -0.175. The van der Waals surface area contributed by atoms with Crippen LogP contribution in [0, 0.1) is 17.2 Å². The predicted octanol–water partition coefficient (Wildman–Crippen LogP) is 3.42. The van der Waals surface area contributed by atoms with E-state index in [1.807, 2.05) is 36.4 Å². The van der Waals surface area contributed by atoms with E-state index in [0.29, 0.717) is 5.56 Å². The molecule has 2 fully saturated rings. The van der Waals surface area contributed by atoms with Crippen molar-refractivity contribution in [3.63, 3.8) is 0 Å². The Hall–Kier alpha value is -3.17. The van der Waals surface area contributed by atoms with E-state index in [2.05, 4.69) is 6.07 Å². The molecule has 6 heteroatoms. The van der Waals surface area contributed by atoms with E-state index in [1.54, 1.807) is 31.1 Å². The molecule has 1 aliphatic carbocycles. The number of benzene rings is 2. The van der Waals surface area contributed by atoms with E-state index in [0.717, 1.165) is 42.4 Å². The van der Waals surface area contributed by atoms with Crippen LogP contribution in [-0.4, -0.2) is 59.5 Å². The van der Waals surface area contributed by atoms with Gasteiger partial charge in [0.1, 0.15) is 6.04 Å². The number of nitrogens with zero attached hydrogens (tertiary/aromatic N) is 3. The van der Waals surface area contributed by atoms with Crippen molar-refractivity contribution in [2.75, 3.05) is 20.7 Å². The molecule has 1 saturated heterocycles. The lowest BCUT2D eigenvalue weighted by Crippen LogP contribution is -2.66. The van der Waals surface area contributed by atoms with Crippen LogP contribution >= 0.6 is 0 Å².